The number of para-hydroxylation sites is 2. The second-order valence-electron chi connectivity index (χ2n) is 18.5. The maximum absolute atomic E-state index is 2.42. The van der Waals surface area contributed by atoms with E-state index in [0.29, 0.717) is 0 Å². The lowest BCUT2D eigenvalue weighted by Gasteiger charge is -2.28. The number of hydrogen-bond donors (Lipinski definition) is 0. The lowest BCUT2D eigenvalue weighted by Crippen LogP contribution is -2.16. The minimum absolute atomic E-state index is 0.103. The molecule has 2 nitrogen and oxygen atoms in total. The van der Waals surface area contributed by atoms with Gasteiger partial charge in [0.15, 0.2) is 0 Å². The molecule has 0 unspecified atom stereocenters. The largest absolute Gasteiger partial charge is 0.310 e. The van der Waals surface area contributed by atoms with Crippen LogP contribution in [0.15, 0.2) is 231 Å². The van der Waals surface area contributed by atoms with Crippen molar-refractivity contribution in [3.8, 4) is 61.3 Å². The van der Waals surface area contributed by atoms with Crippen LogP contribution >= 0.6 is 0 Å². The molecule has 13 rings (SSSR count). The van der Waals surface area contributed by atoms with Crippen LogP contribution in [0.5, 0.6) is 0 Å². The molecule has 0 atom stereocenters. The molecule has 0 saturated heterocycles. The van der Waals surface area contributed by atoms with Crippen LogP contribution < -0.4 is 4.90 Å². The zero-order valence-electron chi connectivity index (χ0n) is 37.0. The maximum Gasteiger partial charge on any atom is 0.0547 e. The SMILES string of the molecule is CC1(C)c2ccccc2-c2ccc(N(c3ccc(-c4ccccc4)cc3)c3ccc(-c4cccc5c4Cc4c(-c6ccc7c8ccccc8n(-c8ccccc8)c7c6)cccc4-5)cc3)cc21. The Labute approximate surface area is 386 Å². The Bertz CT molecular complexity index is 3670. The van der Waals surface area contributed by atoms with Crippen molar-refractivity contribution >= 4 is 38.9 Å². The summed E-state index contributed by atoms with van der Waals surface area (Å²) in [4.78, 5) is 2.42. The van der Waals surface area contributed by atoms with E-state index in [-0.39, 0.29) is 5.41 Å². The number of rotatable bonds is 7. The van der Waals surface area contributed by atoms with Crippen molar-refractivity contribution in [2.24, 2.45) is 0 Å². The van der Waals surface area contributed by atoms with Crippen molar-refractivity contribution in [2.75, 3.05) is 4.90 Å². The van der Waals surface area contributed by atoms with Gasteiger partial charge in [-0.3, -0.25) is 0 Å². The Morgan fingerprint density at radius 3 is 1.59 bits per heavy atom. The van der Waals surface area contributed by atoms with Crippen LogP contribution in [0, 0.1) is 0 Å². The lowest BCUT2D eigenvalue weighted by molar-refractivity contribution is 0.660. The normalized spacial score (nSPS) is 13.1. The Morgan fingerprint density at radius 1 is 0.348 bits per heavy atom. The molecule has 0 N–H and O–H groups in total. The van der Waals surface area contributed by atoms with E-state index in [1.807, 2.05) is 0 Å². The summed E-state index contributed by atoms with van der Waals surface area (Å²) in [7, 11) is 0. The van der Waals surface area contributed by atoms with Gasteiger partial charge in [-0.15, -0.1) is 0 Å². The molecule has 1 aromatic heterocycles. The van der Waals surface area contributed by atoms with Crippen LogP contribution in [0.2, 0.25) is 0 Å². The quantitative estimate of drug-likeness (QED) is 0.155. The van der Waals surface area contributed by atoms with E-state index in [9.17, 15) is 0 Å². The highest BCUT2D eigenvalue weighted by atomic mass is 15.1. The molecule has 0 bridgehead atoms. The first kappa shape index (κ1) is 38.3. The van der Waals surface area contributed by atoms with Gasteiger partial charge in [-0.2, -0.15) is 0 Å². The molecular formula is C64H46N2. The molecule has 1 heterocycles. The molecule has 0 spiro atoms. The maximum atomic E-state index is 2.42. The molecule has 0 saturated carbocycles. The average molecular weight is 843 g/mol. The van der Waals surface area contributed by atoms with Gasteiger partial charge in [0.2, 0.25) is 0 Å². The third kappa shape index (κ3) is 5.95. The van der Waals surface area contributed by atoms with E-state index in [1.165, 1.54) is 105 Å². The molecular weight excluding hydrogens is 797 g/mol. The topological polar surface area (TPSA) is 8.17 Å². The number of benzene rings is 10. The van der Waals surface area contributed by atoms with Crippen LogP contribution in [0.25, 0.3) is 83.1 Å². The minimum Gasteiger partial charge on any atom is -0.310 e. The molecule has 2 aliphatic carbocycles. The van der Waals surface area contributed by atoms with Crippen LogP contribution in [0.3, 0.4) is 0 Å². The summed E-state index contributed by atoms with van der Waals surface area (Å²) in [6.07, 6.45) is 0.881. The highest BCUT2D eigenvalue weighted by Gasteiger charge is 2.36. The number of anilines is 3. The second-order valence-corrected chi connectivity index (χ2v) is 18.5. The van der Waals surface area contributed by atoms with Crippen molar-refractivity contribution in [1.29, 1.82) is 0 Å². The van der Waals surface area contributed by atoms with Crippen LogP contribution in [0.1, 0.15) is 36.1 Å². The van der Waals surface area contributed by atoms with E-state index in [4.69, 9.17) is 0 Å². The van der Waals surface area contributed by atoms with Gasteiger partial charge in [-0.1, -0.05) is 184 Å². The van der Waals surface area contributed by atoms with Gasteiger partial charge in [0, 0.05) is 38.9 Å². The zero-order valence-corrected chi connectivity index (χ0v) is 37.0. The standard InChI is InChI=1S/C64H46N2/c1-64(2)60-25-11-9-19-54(60)55-38-36-49(40-61(55)64)65(47-32-27-43(28-33-47)42-15-5-3-6-16-42)48-34-29-44(30-35-48)50-21-13-23-52-53-24-14-22-51(59(53)41-58(50)52)45-31-37-57-56-20-10-12-26-62(56)66(63(57)39-45)46-17-7-4-8-18-46/h3-40H,41H2,1-2H3. The van der Waals surface area contributed by atoms with Crippen LogP contribution in [-0.4, -0.2) is 4.57 Å². The monoisotopic (exact) mass is 842 g/mol. The molecule has 11 aromatic rings. The molecule has 0 fully saturated rings. The van der Waals surface area contributed by atoms with Crippen molar-refractivity contribution in [3.63, 3.8) is 0 Å². The minimum atomic E-state index is -0.103. The molecule has 0 radical (unpaired) electrons. The van der Waals surface area contributed by atoms with Crippen molar-refractivity contribution < 1.29 is 0 Å². The molecule has 312 valence electrons. The predicted molar refractivity (Wildman–Crippen MR) is 278 cm³/mol. The van der Waals surface area contributed by atoms with E-state index in [0.717, 1.165) is 23.5 Å². The lowest BCUT2D eigenvalue weighted by atomic mass is 9.82. The highest BCUT2D eigenvalue weighted by molar-refractivity contribution is 6.10. The second kappa shape index (κ2) is 14.9. The van der Waals surface area contributed by atoms with Gasteiger partial charge >= 0.3 is 0 Å². The van der Waals surface area contributed by atoms with Gasteiger partial charge in [0.05, 0.1) is 11.0 Å². The number of fused-ring (bicyclic) bond motifs is 9. The average Bonchev–Trinajstić information content (AvgIpc) is 4.00. The number of hydrogen-bond acceptors (Lipinski definition) is 1. The fourth-order valence-electron chi connectivity index (χ4n) is 11.3. The van der Waals surface area contributed by atoms with E-state index < -0.39 is 0 Å². The van der Waals surface area contributed by atoms with E-state index in [2.05, 4.69) is 254 Å². The Kier molecular flexibility index (Phi) is 8.66. The third-order valence-corrected chi connectivity index (χ3v) is 14.5. The molecule has 0 amide bonds. The first-order chi connectivity index (χ1) is 32.5. The van der Waals surface area contributed by atoms with Gasteiger partial charge in [0.25, 0.3) is 0 Å². The van der Waals surface area contributed by atoms with E-state index >= 15 is 0 Å². The van der Waals surface area contributed by atoms with Gasteiger partial charge in [-0.05, 0) is 145 Å². The Balaban J connectivity index is 0.876. The summed E-state index contributed by atoms with van der Waals surface area (Å²) in [5.41, 5.74) is 25.3. The Hall–Kier alpha value is -8.20. The molecule has 66 heavy (non-hydrogen) atoms. The molecule has 0 aliphatic heterocycles. The van der Waals surface area contributed by atoms with Gasteiger partial charge < -0.3 is 9.47 Å². The van der Waals surface area contributed by atoms with Crippen molar-refractivity contribution in [3.05, 3.63) is 253 Å². The van der Waals surface area contributed by atoms with Crippen LogP contribution in [0.4, 0.5) is 17.1 Å². The van der Waals surface area contributed by atoms with Crippen LogP contribution in [-0.2, 0) is 11.8 Å². The third-order valence-electron chi connectivity index (χ3n) is 14.5. The summed E-state index contributed by atoms with van der Waals surface area (Å²) in [6, 6.07) is 85.2. The van der Waals surface area contributed by atoms with E-state index in [1.54, 1.807) is 0 Å². The smallest absolute Gasteiger partial charge is 0.0547 e. The molecule has 10 aromatic carbocycles. The summed E-state index contributed by atoms with van der Waals surface area (Å²) in [6.45, 7) is 4.72. The summed E-state index contributed by atoms with van der Waals surface area (Å²) in [5.74, 6) is 0. The fraction of sp³-hybridized carbons (Fsp3) is 0.0625. The summed E-state index contributed by atoms with van der Waals surface area (Å²) >= 11 is 0. The molecule has 2 aliphatic rings. The highest BCUT2D eigenvalue weighted by Crippen LogP contribution is 2.51. The summed E-state index contributed by atoms with van der Waals surface area (Å²) in [5, 5.41) is 2.55. The number of aromatic nitrogens is 1. The number of nitrogens with zero attached hydrogens (tertiary/aromatic N) is 2. The van der Waals surface area contributed by atoms with Crippen molar-refractivity contribution in [2.45, 2.75) is 25.7 Å². The summed E-state index contributed by atoms with van der Waals surface area (Å²) < 4.78 is 2.42. The molecule has 2 heteroatoms. The van der Waals surface area contributed by atoms with Gasteiger partial charge in [0.1, 0.15) is 0 Å². The van der Waals surface area contributed by atoms with Gasteiger partial charge in [-0.25, -0.2) is 0 Å². The Morgan fingerprint density at radius 2 is 0.864 bits per heavy atom. The first-order valence-corrected chi connectivity index (χ1v) is 23.1. The van der Waals surface area contributed by atoms with Crippen molar-refractivity contribution in [1.82, 2.24) is 4.57 Å². The zero-order chi connectivity index (χ0) is 43.9. The first-order valence-electron chi connectivity index (χ1n) is 23.1. The predicted octanol–water partition coefficient (Wildman–Crippen LogP) is 17.1. The fourth-order valence-corrected chi connectivity index (χ4v) is 11.3.